The van der Waals surface area contributed by atoms with E-state index in [4.69, 9.17) is 4.74 Å². The molecule has 2 nitrogen and oxygen atoms in total. The van der Waals surface area contributed by atoms with Crippen LogP contribution in [0.2, 0.25) is 0 Å². The summed E-state index contributed by atoms with van der Waals surface area (Å²) in [5.41, 5.74) is 2.15. The van der Waals surface area contributed by atoms with Crippen molar-refractivity contribution < 1.29 is 9.53 Å². The molecule has 0 saturated heterocycles. The molecule has 0 saturated carbocycles. The quantitative estimate of drug-likeness (QED) is 0.464. The zero-order valence-electron chi connectivity index (χ0n) is 11.2. The minimum atomic E-state index is -0.390. The molecule has 0 bridgehead atoms. The van der Waals surface area contributed by atoms with Gasteiger partial charge in [-0.05, 0) is 51.7 Å². The van der Waals surface area contributed by atoms with Gasteiger partial charge in [-0.25, -0.2) is 4.79 Å². The molecule has 0 atom stereocenters. The van der Waals surface area contributed by atoms with Crippen molar-refractivity contribution in [1.82, 2.24) is 0 Å². The molecule has 2 aromatic carbocycles. The third-order valence-electron chi connectivity index (χ3n) is 2.83. The second-order valence-corrected chi connectivity index (χ2v) is 5.14. The Labute approximate surface area is 127 Å². The smallest absolute Gasteiger partial charge is 0.336 e. The van der Waals surface area contributed by atoms with Gasteiger partial charge in [0, 0.05) is 6.08 Å². The third kappa shape index (κ3) is 4.07. The number of hydrogen-bond donors (Lipinski definition) is 0. The lowest BCUT2D eigenvalue weighted by Gasteiger charge is -2.05. The first-order valence-corrected chi connectivity index (χ1v) is 7.21. The van der Waals surface area contributed by atoms with E-state index in [1.165, 1.54) is 11.6 Å². The topological polar surface area (TPSA) is 26.3 Å². The van der Waals surface area contributed by atoms with Crippen LogP contribution in [0.1, 0.15) is 18.1 Å². The van der Waals surface area contributed by atoms with Crippen molar-refractivity contribution in [2.24, 2.45) is 0 Å². The Hall–Kier alpha value is -1.87. The van der Waals surface area contributed by atoms with E-state index in [2.05, 4.69) is 22.9 Å². The molecule has 20 heavy (non-hydrogen) atoms. The summed E-state index contributed by atoms with van der Waals surface area (Å²) in [6.07, 6.45) is 4.10. The van der Waals surface area contributed by atoms with E-state index < -0.39 is 0 Å². The molecule has 0 aliphatic rings. The maximum atomic E-state index is 11.8. The summed E-state index contributed by atoms with van der Waals surface area (Å²) in [6, 6.07) is 15.3. The first-order chi connectivity index (χ1) is 9.69. The highest BCUT2D eigenvalue weighted by Crippen LogP contribution is 2.26. The maximum Gasteiger partial charge on any atom is 0.336 e. The van der Waals surface area contributed by atoms with Gasteiger partial charge in [0.05, 0.1) is 4.47 Å². The number of ether oxygens (including phenoxy) is 1. The van der Waals surface area contributed by atoms with Crippen molar-refractivity contribution in [3.8, 4) is 5.75 Å². The summed E-state index contributed by atoms with van der Waals surface area (Å²) in [7, 11) is 0. The molecule has 0 aliphatic heterocycles. The van der Waals surface area contributed by atoms with Crippen molar-refractivity contribution in [1.29, 1.82) is 0 Å². The van der Waals surface area contributed by atoms with Crippen LogP contribution in [0.25, 0.3) is 6.08 Å². The standard InChI is InChI=1S/C17H15BrO2/c1-2-13-8-10-16(15(18)12-13)20-17(19)11-9-14-6-4-3-5-7-14/h3-12H,2H2,1H3/b11-9+. The Morgan fingerprint density at radius 2 is 1.95 bits per heavy atom. The van der Waals surface area contributed by atoms with E-state index in [-0.39, 0.29) is 5.97 Å². The van der Waals surface area contributed by atoms with Crippen molar-refractivity contribution in [3.63, 3.8) is 0 Å². The zero-order chi connectivity index (χ0) is 14.4. The van der Waals surface area contributed by atoms with Gasteiger partial charge >= 0.3 is 5.97 Å². The number of rotatable bonds is 4. The molecule has 0 amide bonds. The SMILES string of the molecule is CCc1ccc(OC(=O)/C=C/c2ccccc2)c(Br)c1. The van der Waals surface area contributed by atoms with Gasteiger partial charge in [-0.2, -0.15) is 0 Å². The number of aryl methyl sites for hydroxylation is 1. The predicted octanol–water partition coefficient (Wildman–Crippen LogP) is 4.63. The largest absolute Gasteiger partial charge is 0.422 e. The number of carbonyl (C=O) groups is 1. The lowest BCUT2D eigenvalue weighted by atomic mass is 10.2. The van der Waals surface area contributed by atoms with Crippen LogP contribution in [0.4, 0.5) is 0 Å². The average Bonchev–Trinajstić information content (AvgIpc) is 2.48. The molecule has 0 fully saturated rings. The second kappa shape index (κ2) is 7.06. The zero-order valence-corrected chi connectivity index (χ0v) is 12.8. The lowest BCUT2D eigenvalue weighted by molar-refractivity contribution is -0.128. The number of benzene rings is 2. The van der Waals surface area contributed by atoms with Crippen molar-refractivity contribution in [3.05, 3.63) is 70.2 Å². The minimum Gasteiger partial charge on any atom is -0.422 e. The summed E-state index contributed by atoms with van der Waals surface area (Å²) in [5, 5.41) is 0. The van der Waals surface area contributed by atoms with Crippen LogP contribution in [-0.4, -0.2) is 5.97 Å². The van der Waals surface area contributed by atoms with E-state index in [0.29, 0.717) is 5.75 Å². The monoisotopic (exact) mass is 330 g/mol. The fourth-order valence-corrected chi connectivity index (χ4v) is 2.22. The number of hydrogen-bond acceptors (Lipinski definition) is 2. The van der Waals surface area contributed by atoms with Gasteiger partial charge in [0.2, 0.25) is 0 Å². The number of carbonyl (C=O) groups excluding carboxylic acids is 1. The summed E-state index contributed by atoms with van der Waals surface area (Å²) in [4.78, 5) is 11.8. The van der Waals surface area contributed by atoms with Crippen molar-refractivity contribution in [2.75, 3.05) is 0 Å². The van der Waals surface area contributed by atoms with E-state index in [1.54, 1.807) is 12.1 Å². The van der Waals surface area contributed by atoms with Crippen LogP contribution >= 0.6 is 15.9 Å². The highest BCUT2D eigenvalue weighted by atomic mass is 79.9. The normalized spacial score (nSPS) is 10.7. The summed E-state index contributed by atoms with van der Waals surface area (Å²) in [6.45, 7) is 2.08. The van der Waals surface area contributed by atoms with Crippen LogP contribution in [0, 0.1) is 0 Å². The maximum absolute atomic E-state index is 11.8. The predicted molar refractivity (Wildman–Crippen MR) is 84.6 cm³/mol. The minimum absolute atomic E-state index is 0.390. The molecule has 0 spiro atoms. The van der Waals surface area contributed by atoms with Gasteiger partial charge in [-0.1, -0.05) is 43.3 Å². The molecule has 0 N–H and O–H groups in total. The van der Waals surface area contributed by atoms with Gasteiger partial charge in [0.1, 0.15) is 5.75 Å². The molecular weight excluding hydrogens is 316 g/mol. The molecule has 102 valence electrons. The molecule has 0 aromatic heterocycles. The summed E-state index contributed by atoms with van der Waals surface area (Å²) >= 11 is 3.41. The van der Waals surface area contributed by atoms with Gasteiger partial charge in [-0.15, -0.1) is 0 Å². The van der Waals surface area contributed by atoms with Crippen molar-refractivity contribution in [2.45, 2.75) is 13.3 Å². The molecule has 0 radical (unpaired) electrons. The van der Waals surface area contributed by atoms with Crippen LogP contribution in [0.5, 0.6) is 5.75 Å². The number of esters is 1. The molecular formula is C17H15BrO2. The third-order valence-corrected chi connectivity index (χ3v) is 3.45. The molecule has 0 aliphatic carbocycles. The lowest BCUT2D eigenvalue weighted by Crippen LogP contribution is -2.04. The molecule has 3 heteroatoms. The molecule has 2 aromatic rings. The van der Waals surface area contributed by atoms with E-state index in [0.717, 1.165) is 16.5 Å². The first-order valence-electron chi connectivity index (χ1n) is 6.42. The first kappa shape index (κ1) is 14.5. The van der Waals surface area contributed by atoms with Crippen LogP contribution in [0.15, 0.2) is 59.1 Å². The van der Waals surface area contributed by atoms with Gasteiger partial charge in [0.15, 0.2) is 0 Å². The Balaban J connectivity index is 2.03. The fraction of sp³-hybridized carbons (Fsp3) is 0.118. The second-order valence-electron chi connectivity index (χ2n) is 4.28. The molecule has 2 rings (SSSR count). The van der Waals surface area contributed by atoms with E-state index in [9.17, 15) is 4.79 Å². The fourth-order valence-electron chi connectivity index (χ4n) is 1.72. The van der Waals surface area contributed by atoms with Crippen LogP contribution in [-0.2, 0) is 11.2 Å². The van der Waals surface area contributed by atoms with Gasteiger partial charge in [0.25, 0.3) is 0 Å². The Morgan fingerprint density at radius 1 is 1.20 bits per heavy atom. The van der Waals surface area contributed by atoms with Crippen LogP contribution < -0.4 is 4.74 Å². The highest BCUT2D eigenvalue weighted by Gasteiger charge is 2.05. The van der Waals surface area contributed by atoms with Crippen LogP contribution in [0.3, 0.4) is 0 Å². The Kier molecular flexibility index (Phi) is 5.13. The summed E-state index contributed by atoms with van der Waals surface area (Å²) in [5.74, 6) is 0.142. The summed E-state index contributed by atoms with van der Waals surface area (Å²) < 4.78 is 6.08. The Bertz CT molecular complexity index is 618. The van der Waals surface area contributed by atoms with E-state index >= 15 is 0 Å². The highest BCUT2D eigenvalue weighted by molar-refractivity contribution is 9.10. The van der Waals surface area contributed by atoms with Gasteiger partial charge < -0.3 is 4.74 Å². The molecule has 0 heterocycles. The number of halogens is 1. The van der Waals surface area contributed by atoms with Gasteiger partial charge in [-0.3, -0.25) is 0 Å². The van der Waals surface area contributed by atoms with Crippen molar-refractivity contribution >= 4 is 28.0 Å². The average molecular weight is 331 g/mol. The molecule has 0 unspecified atom stereocenters. The van der Waals surface area contributed by atoms with E-state index in [1.807, 2.05) is 42.5 Å². The Morgan fingerprint density at radius 3 is 2.60 bits per heavy atom.